The van der Waals surface area contributed by atoms with Crippen molar-refractivity contribution in [3.63, 3.8) is 0 Å². The molecule has 1 saturated heterocycles. The van der Waals surface area contributed by atoms with E-state index in [0.29, 0.717) is 25.9 Å². The number of carboxylic acids is 1. The molecule has 0 saturated carbocycles. The molecule has 1 atom stereocenters. The lowest BCUT2D eigenvalue weighted by atomic mass is 9.83. The van der Waals surface area contributed by atoms with Crippen molar-refractivity contribution in [3.8, 4) is 0 Å². The monoisotopic (exact) mass is 277 g/mol. The third-order valence-corrected chi connectivity index (χ3v) is 3.90. The van der Waals surface area contributed by atoms with Crippen LogP contribution in [0.25, 0.3) is 0 Å². The van der Waals surface area contributed by atoms with Crippen LogP contribution in [0.1, 0.15) is 36.7 Å². The number of rotatable bonds is 5. The normalized spacial score (nSPS) is 21.9. The number of nitrogens with zero attached hydrogens (tertiary/aromatic N) is 2. The van der Waals surface area contributed by atoms with E-state index in [4.69, 9.17) is 5.73 Å². The van der Waals surface area contributed by atoms with Gasteiger partial charge in [-0.1, -0.05) is 13.3 Å². The number of carboxylic acid groups (broad SMARTS) is 1. The first-order valence-corrected chi connectivity index (χ1v) is 6.73. The summed E-state index contributed by atoms with van der Waals surface area (Å²) in [5.74, 6) is -1.32. The molecule has 0 aromatic carbocycles. The lowest BCUT2D eigenvalue weighted by Gasteiger charge is -2.25. The van der Waals surface area contributed by atoms with Crippen LogP contribution in [0, 0.1) is 5.41 Å². The van der Waals surface area contributed by atoms with Gasteiger partial charge in [0.25, 0.3) is 5.91 Å². The second-order valence-electron chi connectivity index (χ2n) is 5.27. The van der Waals surface area contributed by atoms with Crippen molar-refractivity contribution in [2.24, 2.45) is 11.1 Å². The van der Waals surface area contributed by atoms with Crippen LogP contribution in [0.15, 0.2) is 18.3 Å². The quantitative estimate of drug-likeness (QED) is 0.844. The van der Waals surface area contributed by atoms with Crippen molar-refractivity contribution in [2.45, 2.75) is 26.2 Å². The average molecular weight is 277 g/mol. The summed E-state index contributed by atoms with van der Waals surface area (Å²) in [6.45, 7) is 3.11. The molecule has 1 unspecified atom stereocenters. The van der Waals surface area contributed by atoms with Crippen LogP contribution in [0.5, 0.6) is 0 Å². The highest BCUT2D eigenvalue weighted by Gasteiger charge is 2.44. The molecule has 108 valence electrons. The van der Waals surface area contributed by atoms with Gasteiger partial charge in [-0.3, -0.25) is 14.6 Å². The Morgan fingerprint density at radius 2 is 2.30 bits per heavy atom. The van der Waals surface area contributed by atoms with Crippen LogP contribution >= 0.6 is 0 Å². The SMILES string of the molecule is CCCC1(C(=O)O)CCN(c2ccnc(C(N)=O)c2)C1. The van der Waals surface area contributed by atoms with Crippen molar-refractivity contribution in [3.05, 3.63) is 24.0 Å². The molecule has 2 rings (SSSR count). The Bertz CT molecular complexity index is 532. The number of carbonyl (C=O) groups excluding carboxylic acids is 1. The number of aromatic nitrogens is 1. The Labute approximate surface area is 117 Å². The van der Waals surface area contributed by atoms with Crippen molar-refractivity contribution in [2.75, 3.05) is 18.0 Å². The predicted molar refractivity (Wildman–Crippen MR) is 74.6 cm³/mol. The van der Waals surface area contributed by atoms with E-state index in [1.807, 2.05) is 11.8 Å². The molecule has 1 aliphatic heterocycles. The van der Waals surface area contributed by atoms with Crippen molar-refractivity contribution < 1.29 is 14.7 Å². The van der Waals surface area contributed by atoms with E-state index in [0.717, 1.165) is 12.1 Å². The lowest BCUT2D eigenvalue weighted by Crippen LogP contribution is -2.34. The van der Waals surface area contributed by atoms with Crippen molar-refractivity contribution >= 4 is 17.6 Å². The van der Waals surface area contributed by atoms with Crippen molar-refractivity contribution in [1.82, 2.24) is 4.98 Å². The third kappa shape index (κ3) is 2.59. The van der Waals surface area contributed by atoms with Gasteiger partial charge < -0.3 is 15.7 Å². The predicted octanol–water partition coefficient (Wildman–Crippen LogP) is 1.26. The molecule has 3 N–H and O–H groups in total. The number of hydrogen-bond donors (Lipinski definition) is 2. The van der Waals surface area contributed by atoms with E-state index in [1.54, 1.807) is 12.1 Å². The average Bonchev–Trinajstić information content (AvgIpc) is 2.85. The number of carbonyl (C=O) groups is 2. The minimum atomic E-state index is -0.744. The number of pyridine rings is 1. The first-order valence-electron chi connectivity index (χ1n) is 6.73. The van der Waals surface area contributed by atoms with Gasteiger partial charge in [-0.2, -0.15) is 0 Å². The standard InChI is InChI=1S/C14H19N3O3/c1-2-4-14(13(19)20)5-7-17(9-14)10-3-6-16-11(8-10)12(15)18/h3,6,8H,2,4-5,7,9H2,1H3,(H2,15,18)(H,19,20). The highest BCUT2D eigenvalue weighted by atomic mass is 16.4. The Balaban J connectivity index is 2.22. The first-order chi connectivity index (χ1) is 9.48. The van der Waals surface area contributed by atoms with Crippen LogP contribution in [-0.2, 0) is 4.79 Å². The fourth-order valence-corrected chi connectivity index (χ4v) is 2.81. The summed E-state index contributed by atoms with van der Waals surface area (Å²) in [7, 11) is 0. The van der Waals surface area contributed by atoms with E-state index in [-0.39, 0.29) is 5.69 Å². The van der Waals surface area contributed by atoms with Gasteiger partial charge in [0.2, 0.25) is 0 Å². The van der Waals surface area contributed by atoms with Crippen LogP contribution in [-0.4, -0.2) is 35.1 Å². The van der Waals surface area contributed by atoms with E-state index >= 15 is 0 Å². The maximum Gasteiger partial charge on any atom is 0.311 e. The summed E-state index contributed by atoms with van der Waals surface area (Å²) in [6.07, 6.45) is 3.63. The largest absolute Gasteiger partial charge is 0.481 e. The fraction of sp³-hybridized carbons (Fsp3) is 0.500. The molecule has 20 heavy (non-hydrogen) atoms. The van der Waals surface area contributed by atoms with Gasteiger partial charge in [-0.05, 0) is 25.0 Å². The highest BCUT2D eigenvalue weighted by molar-refractivity contribution is 5.91. The number of primary amides is 1. The second kappa shape index (κ2) is 5.48. The molecule has 6 heteroatoms. The number of aliphatic carboxylic acids is 1. The van der Waals surface area contributed by atoms with E-state index in [1.165, 1.54) is 6.20 Å². The molecule has 1 aromatic rings. The summed E-state index contributed by atoms with van der Waals surface area (Å²) >= 11 is 0. The molecule has 0 aliphatic carbocycles. The van der Waals surface area contributed by atoms with Crippen LogP contribution < -0.4 is 10.6 Å². The van der Waals surface area contributed by atoms with Gasteiger partial charge in [-0.15, -0.1) is 0 Å². The van der Waals surface area contributed by atoms with Gasteiger partial charge in [0.1, 0.15) is 5.69 Å². The summed E-state index contributed by atoms with van der Waals surface area (Å²) in [5.41, 5.74) is 5.53. The minimum absolute atomic E-state index is 0.200. The maximum atomic E-state index is 11.6. The zero-order chi connectivity index (χ0) is 14.8. The molecular weight excluding hydrogens is 258 g/mol. The number of anilines is 1. The molecule has 6 nitrogen and oxygen atoms in total. The van der Waals surface area contributed by atoms with E-state index in [2.05, 4.69) is 4.98 Å². The van der Waals surface area contributed by atoms with E-state index in [9.17, 15) is 14.7 Å². The summed E-state index contributed by atoms with van der Waals surface area (Å²) < 4.78 is 0. The van der Waals surface area contributed by atoms with Gasteiger partial charge in [0, 0.05) is 25.0 Å². The van der Waals surface area contributed by atoms with Crippen LogP contribution in [0.4, 0.5) is 5.69 Å². The zero-order valence-electron chi connectivity index (χ0n) is 11.5. The Morgan fingerprint density at radius 3 is 2.90 bits per heavy atom. The zero-order valence-corrected chi connectivity index (χ0v) is 11.5. The number of hydrogen-bond acceptors (Lipinski definition) is 4. The first kappa shape index (κ1) is 14.3. The highest BCUT2D eigenvalue weighted by Crippen LogP contribution is 2.37. The molecule has 0 spiro atoms. The maximum absolute atomic E-state index is 11.6. The van der Waals surface area contributed by atoms with Gasteiger partial charge in [-0.25, -0.2) is 0 Å². The molecule has 0 radical (unpaired) electrons. The molecule has 1 fully saturated rings. The molecule has 1 aliphatic rings. The smallest absolute Gasteiger partial charge is 0.311 e. The fourth-order valence-electron chi connectivity index (χ4n) is 2.81. The topological polar surface area (TPSA) is 96.5 Å². The Morgan fingerprint density at radius 1 is 1.55 bits per heavy atom. The molecule has 1 aromatic heterocycles. The molecule has 2 heterocycles. The van der Waals surface area contributed by atoms with E-state index < -0.39 is 17.3 Å². The van der Waals surface area contributed by atoms with Gasteiger partial charge in [0.05, 0.1) is 5.41 Å². The Kier molecular flexibility index (Phi) is 3.92. The Hall–Kier alpha value is -2.11. The number of nitrogens with two attached hydrogens (primary N) is 1. The lowest BCUT2D eigenvalue weighted by molar-refractivity contribution is -0.148. The number of amides is 1. The summed E-state index contributed by atoms with van der Waals surface area (Å²) in [5, 5.41) is 9.49. The van der Waals surface area contributed by atoms with Crippen molar-refractivity contribution in [1.29, 1.82) is 0 Å². The molecule has 1 amide bonds. The summed E-state index contributed by atoms with van der Waals surface area (Å²) in [6, 6.07) is 3.39. The summed E-state index contributed by atoms with van der Waals surface area (Å²) in [4.78, 5) is 28.6. The van der Waals surface area contributed by atoms with Crippen LogP contribution in [0.3, 0.4) is 0 Å². The molecule has 0 bridgehead atoms. The van der Waals surface area contributed by atoms with Gasteiger partial charge in [0.15, 0.2) is 0 Å². The third-order valence-electron chi connectivity index (χ3n) is 3.90. The van der Waals surface area contributed by atoms with Gasteiger partial charge >= 0.3 is 5.97 Å². The second-order valence-corrected chi connectivity index (χ2v) is 5.27. The van der Waals surface area contributed by atoms with Crippen LogP contribution in [0.2, 0.25) is 0 Å². The minimum Gasteiger partial charge on any atom is -0.481 e. The molecular formula is C14H19N3O3.